The van der Waals surface area contributed by atoms with Gasteiger partial charge in [-0.25, -0.2) is 0 Å². The molecular weight excluding hydrogens is 274 g/mol. The summed E-state index contributed by atoms with van der Waals surface area (Å²) in [5.41, 5.74) is 1.34. The number of benzene rings is 1. The van der Waals surface area contributed by atoms with Crippen LogP contribution in [0.25, 0.3) is 0 Å². The van der Waals surface area contributed by atoms with Crippen LogP contribution in [0.4, 0.5) is 0 Å². The van der Waals surface area contributed by atoms with Gasteiger partial charge >= 0.3 is 0 Å². The van der Waals surface area contributed by atoms with Crippen molar-refractivity contribution in [3.8, 4) is 0 Å². The summed E-state index contributed by atoms with van der Waals surface area (Å²) < 4.78 is 0.383. The van der Waals surface area contributed by atoms with Crippen LogP contribution in [0.3, 0.4) is 0 Å². The molecule has 1 aromatic carbocycles. The van der Waals surface area contributed by atoms with Crippen LogP contribution < -0.4 is 5.32 Å². The number of rotatable bonds is 8. The Bertz CT molecular complexity index is 351. The molecule has 108 valence electrons. The minimum atomic E-state index is 0.383. The summed E-state index contributed by atoms with van der Waals surface area (Å²) in [5, 5.41) is 4.49. The van der Waals surface area contributed by atoms with Gasteiger partial charge in [0.25, 0.3) is 0 Å². The SMILES string of the molecule is CCC(CC)(CNC(C)Cc1ccc(Cl)cc1)SC. The van der Waals surface area contributed by atoms with E-state index in [0.29, 0.717) is 10.8 Å². The Labute approximate surface area is 127 Å². The molecule has 1 N–H and O–H groups in total. The monoisotopic (exact) mass is 299 g/mol. The molecule has 1 atom stereocenters. The van der Waals surface area contributed by atoms with Crippen molar-refractivity contribution in [3.05, 3.63) is 34.9 Å². The van der Waals surface area contributed by atoms with E-state index in [1.54, 1.807) is 0 Å². The fourth-order valence-electron chi connectivity index (χ4n) is 2.27. The number of halogens is 1. The maximum absolute atomic E-state index is 5.91. The minimum Gasteiger partial charge on any atom is -0.313 e. The third kappa shape index (κ3) is 5.37. The summed E-state index contributed by atoms with van der Waals surface area (Å²) in [5.74, 6) is 0. The van der Waals surface area contributed by atoms with Crippen molar-refractivity contribution >= 4 is 23.4 Å². The maximum Gasteiger partial charge on any atom is 0.0406 e. The quantitative estimate of drug-likeness (QED) is 0.741. The van der Waals surface area contributed by atoms with Gasteiger partial charge < -0.3 is 5.32 Å². The van der Waals surface area contributed by atoms with Crippen LogP contribution in [0.15, 0.2) is 24.3 Å². The predicted octanol–water partition coefficient (Wildman–Crippen LogP) is 4.78. The minimum absolute atomic E-state index is 0.383. The van der Waals surface area contributed by atoms with E-state index in [1.807, 2.05) is 23.9 Å². The Hall–Kier alpha value is -0.180. The van der Waals surface area contributed by atoms with E-state index in [0.717, 1.165) is 18.0 Å². The molecule has 0 fully saturated rings. The molecule has 0 saturated carbocycles. The largest absolute Gasteiger partial charge is 0.313 e. The normalized spacial score (nSPS) is 13.5. The van der Waals surface area contributed by atoms with Gasteiger partial charge in [-0.2, -0.15) is 11.8 Å². The van der Waals surface area contributed by atoms with E-state index in [1.165, 1.54) is 18.4 Å². The topological polar surface area (TPSA) is 12.0 Å². The second kappa shape index (κ2) is 8.18. The third-order valence-corrected chi connectivity index (χ3v) is 5.79. The van der Waals surface area contributed by atoms with Crippen molar-refractivity contribution in [2.45, 2.75) is 50.8 Å². The lowest BCUT2D eigenvalue weighted by molar-refractivity contribution is 0.451. The molecule has 19 heavy (non-hydrogen) atoms. The van der Waals surface area contributed by atoms with Gasteiger partial charge in [-0.15, -0.1) is 0 Å². The molecule has 1 aromatic rings. The lowest BCUT2D eigenvalue weighted by Crippen LogP contribution is -2.41. The van der Waals surface area contributed by atoms with Crippen LogP contribution in [0.2, 0.25) is 5.02 Å². The van der Waals surface area contributed by atoms with Crippen molar-refractivity contribution in [2.75, 3.05) is 12.8 Å². The van der Waals surface area contributed by atoms with E-state index >= 15 is 0 Å². The molecule has 0 radical (unpaired) electrons. The van der Waals surface area contributed by atoms with Crippen molar-refractivity contribution < 1.29 is 0 Å². The zero-order valence-corrected chi connectivity index (χ0v) is 14.1. The van der Waals surface area contributed by atoms with E-state index in [2.05, 4.69) is 44.5 Å². The average Bonchev–Trinajstić information content (AvgIpc) is 2.44. The van der Waals surface area contributed by atoms with Gasteiger partial charge in [-0.05, 0) is 50.1 Å². The standard InChI is InChI=1S/C16H26ClNS/c1-5-16(6-2,19-4)12-18-13(3)11-14-7-9-15(17)10-8-14/h7-10,13,18H,5-6,11-12H2,1-4H3. The molecule has 1 rings (SSSR count). The van der Waals surface area contributed by atoms with Crippen LogP contribution in [0, 0.1) is 0 Å². The predicted molar refractivity (Wildman–Crippen MR) is 89.4 cm³/mol. The summed E-state index contributed by atoms with van der Waals surface area (Å²) in [6, 6.07) is 8.65. The van der Waals surface area contributed by atoms with Crippen LogP contribution >= 0.6 is 23.4 Å². The second-order valence-electron chi connectivity index (χ2n) is 5.21. The third-order valence-electron chi connectivity index (χ3n) is 3.95. The summed E-state index contributed by atoms with van der Waals surface area (Å²) in [7, 11) is 0. The molecule has 1 unspecified atom stereocenters. The number of hydrogen-bond donors (Lipinski definition) is 1. The van der Waals surface area contributed by atoms with Crippen molar-refractivity contribution in [2.24, 2.45) is 0 Å². The number of nitrogens with one attached hydrogen (secondary N) is 1. The Morgan fingerprint density at radius 2 is 1.79 bits per heavy atom. The van der Waals surface area contributed by atoms with Gasteiger partial charge in [-0.3, -0.25) is 0 Å². The molecule has 1 nitrogen and oxygen atoms in total. The molecule has 0 aliphatic rings. The van der Waals surface area contributed by atoms with E-state index in [-0.39, 0.29) is 0 Å². The molecule has 0 aromatic heterocycles. The van der Waals surface area contributed by atoms with Crippen molar-refractivity contribution in [3.63, 3.8) is 0 Å². The molecule has 0 spiro atoms. The zero-order chi connectivity index (χ0) is 14.3. The highest BCUT2D eigenvalue weighted by atomic mass is 35.5. The first-order valence-corrected chi connectivity index (χ1v) is 8.68. The van der Waals surface area contributed by atoms with Gasteiger partial charge in [0.2, 0.25) is 0 Å². The van der Waals surface area contributed by atoms with Crippen molar-refractivity contribution in [1.29, 1.82) is 0 Å². The molecule has 0 heterocycles. The summed E-state index contributed by atoms with van der Waals surface area (Å²) in [6.07, 6.45) is 5.70. The number of hydrogen-bond acceptors (Lipinski definition) is 2. The highest BCUT2D eigenvalue weighted by Crippen LogP contribution is 2.29. The smallest absolute Gasteiger partial charge is 0.0406 e. The Morgan fingerprint density at radius 1 is 1.21 bits per heavy atom. The highest BCUT2D eigenvalue weighted by Gasteiger charge is 2.24. The van der Waals surface area contributed by atoms with E-state index in [4.69, 9.17) is 11.6 Å². The fourth-order valence-corrected chi connectivity index (χ4v) is 3.20. The number of thioether (sulfide) groups is 1. The molecule has 0 amide bonds. The van der Waals surface area contributed by atoms with Crippen LogP contribution in [0.5, 0.6) is 0 Å². The van der Waals surface area contributed by atoms with Crippen LogP contribution in [-0.4, -0.2) is 23.6 Å². The molecule has 3 heteroatoms. The zero-order valence-electron chi connectivity index (χ0n) is 12.5. The first kappa shape index (κ1) is 16.9. The van der Waals surface area contributed by atoms with Gasteiger partial charge in [0, 0.05) is 22.4 Å². The van der Waals surface area contributed by atoms with E-state index in [9.17, 15) is 0 Å². The highest BCUT2D eigenvalue weighted by molar-refractivity contribution is 8.00. The van der Waals surface area contributed by atoms with Crippen molar-refractivity contribution in [1.82, 2.24) is 5.32 Å². The van der Waals surface area contributed by atoms with Crippen LogP contribution in [-0.2, 0) is 6.42 Å². The lowest BCUT2D eigenvalue weighted by Gasteiger charge is -2.31. The molecular formula is C16H26ClNS. The lowest BCUT2D eigenvalue weighted by atomic mass is 10.0. The Morgan fingerprint density at radius 3 is 2.26 bits per heavy atom. The average molecular weight is 300 g/mol. The molecule has 0 saturated heterocycles. The van der Waals surface area contributed by atoms with Crippen LogP contribution in [0.1, 0.15) is 39.2 Å². The van der Waals surface area contributed by atoms with Gasteiger partial charge in [0.05, 0.1) is 0 Å². The Balaban J connectivity index is 2.47. The molecule has 0 bridgehead atoms. The second-order valence-corrected chi connectivity index (χ2v) is 6.92. The summed E-state index contributed by atoms with van der Waals surface area (Å²) >= 11 is 7.89. The summed E-state index contributed by atoms with van der Waals surface area (Å²) in [4.78, 5) is 0. The maximum atomic E-state index is 5.91. The van der Waals surface area contributed by atoms with E-state index < -0.39 is 0 Å². The Kier molecular flexibility index (Phi) is 7.27. The molecule has 0 aliphatic carbocycles. The fraction of sp³-hybridized carbons (Fsp3) is 0.625. The molecule has 0 aliphatic heterocycles. The van der Waals surface area contributed by atoms with Gasteiger partial charge in [0.15, 0.2) is 0 Å². The first-order valence-electron chi connectivity index (χ1n) is 7.08. The van der Waals surface area contributed by atoms with Gasteiger partial charge in [0.1, 0.15) is 0 Å². The summed E-state index contributed by atoms with van der Waals surface area (Å²) in [6.45, 7) is 7.90. The van der Waals surface area contributed by atoms with Gasteiger partial charge in [-0.1, -0.05) is 37.6 Å². The first-order chi connectivity index (χ1) is 9.05.